The van der Waals surface area contributed by atoms with Gasteiger partial charge in [0.25, 0.3) is 11.6 Å². The van der Waals surface area contributed by atoms with Crippen molar-refractivity contribution in [3.63, 3.8) is 0 Å². The molecule has 1 aromatic heterocycles. The minimum Gasteiger partial charge on any atom is -0.372 e. The summed E-state index contributed by atoms with van der Waals surface area (Å²) in [6, 6.07) is 1.27. The zero-order valence-electron chi connectivity index (χ0n) is 11.5. The van der Waals surface area contributed by atoms with Crippen LogP contribution in [0, 0.1) is 10.1 Å². The molecule has 1 amide bonds. The number of nitrogens with zero attached hydrogens (tertiary/aromatic N) is 3. The second kappa shape index (κ2) is 6.12. The molecule has 0 aliphatic carbocycles. The molecular weight excluding hydrogens is 248 g/mol. The van der Waals surface area contributed by atoms with Gasteiger partial charge in [0.15, 0.2) is 0 Å². The van der Waals surface area contributed by atoms with Crippen molar-refractivity contribution in [3.05, 3.63) is 27.9 Å². The smallest absolute Gasteiger partial charge is 0.288 e. The number of carbonyl (C=O) groups is 1. The van der Waals surface area contributed by atoms with E-state index in [1.165, 1.54) is 6.07 Å². The molecule has 19 heavy (non-hydrogen) atoms. The Morgan fingerprint density at radius 3 is 2.63 bits per heavy atom. The van der Waals surface area contributed by atoms with Crippen LogP contribution in [0.15, 0.2) is 12.3 Å². The quantitative estimate of drug-likeness (QED) is 0.649. The monoisotopic (exact) mass is 266 g/mol. The molecule has 0 aliphatic rings. The van der Waals surface area contributed by atoms with Crippen LogP contribution in [0.2, 0.25) is 0 Å². The summed E-state index contributed by atoms with van der Waals surface area (Å²) in [6.07, 6.45) is 1.13. The number of nitro groups is 1. The highest BCUT2D eigenvalue weighted by atomic mass is 16.6. The first-order valence-corrected chi connectivity index (χ1v) is 6.05. The van der Waals surface area contributed by atoms with Crippen LogP contribution in [-0.2, 0) is 0 Å². The van der Waals surface area contributed by atoms with Crippen LogP contribution in [0.5, 0.6) is 0 Å². The Balaban J connectivity index is 3.26. The summed E-state index contributed by atoms with van der Waals surface area (Å²) in [5.41, 5.74) is 0.0226. The number of hydrogen-bond acceptors (Lipinski definition) is 5. The van der Waals surface area contributed by atoms with Gasteiger partial charge in [-0.2, -0.15) is 0 Å². The molecule has 0 saturated heterocycles. The van der Waals surface area contributed by atoms with Crippen LogP contribution in [0.4, 0.5) is 11.5 Å². The lowest BCUT2D eigenvalue weighted by Crippen LogP contribution is -2.37. The molecule has 0 fully saturated rings. The van der Waals surface area contributed by atoms with Crippen molar-refractivity contribution < 1.29 is 9.72 Å². The summed E-state index contributed by atoms with van der Waals surface area (Å²) in [7, 11) is 1.62. The standard InChI is InChI=1S/C12H18N4O3/c1-5-15(8(2)3)12(17)10-6-9(16(18)19)7-14-11(10)13-4/h6-8H,5H2,1-4H3,(H,13,14). The Hall–Kier alpha value is -2.18. The molecule has 0 unspecified atom stereocenters. The molecule has 7 nitrogen and oxygen atoms in total. The maximum absolute atomic E-state index is 12.4. The van der Waals surface area contributed by atoms with Gasteiger partial charge in [0.1, 0.15) is 12.0 Å². The average molecular weight is 266 g/mol. The van der Waals surface area contributed by atoms with Crippen molar-refractivity contribution in [1.82, 2.24) is 9.88 Å². The highest BCUT2D eigenvalue weighted by Crippen LogP contribution is 2.21. The van der Waals surface area contributed by atoms with Gasteiger partial charge in [0.05, 0.1) is 10.5 Å². The maximum Gasteiger partial charge on any atom is 0.288 e. The van der Waals surface area contributed by atoms with Crippen molar-refractivity contribution in [2.24, 2.45) is 0 Å². The first-order chi connectivity index (χ1) is 8.92. The summed E-state index contributed by atoms with van der Waals surface area (Å²) in [4.78, 5) is 28.1. The number of nitrogens with one attached hydrogen (secondary N) is 1. The van der Waals surface area contributed by atoms with E-state index in [0.29, 0.717) is 12.4 Å². The molecule has 0 atom stereocenters. The second-order valence-corrected chi connectivity index (χ2v) is 4.28. The molecule has 0 spiro atoms. The van der Waals surface area contributed by atoms with E-state index in [1.54, 1.807) is 11.9 Å². The summed E-state index contributed by atoms with van der Waals surface area (Å²) < 4.78 is 0. The minimum absolute atomic E-state index is 0.0152. The van der Waals surface area contributed by atoms with Gasteiger partial charge in [-0.15, -0.1) is 0 Å². The summed E-state index contributed by atoms with van der Waals surface area (Å²) in [6.45, 7) is 6.18. The van der Waals surface area contributed by atoms with Gasteiger partial charge >= 0.3 is 0 Å². The maximum atomic E-state index is 12.4. The van der Waals surface area contributed by atoms with E-state index >= 15 is 0 Å². The Morgan fingerprint density at radius 1 is 1.58 bits per heavy atom. The van der Waals surface area contributed by atoms with Crippen LogP contribution in [0.1, 0.15) is 31.1 Å². The first kappa shape index (κ1) is 14.9. The van der Waals surface area contributed by atoms with E-state index in [2.05, 4.69) is 10.3 Å². The Bertz CT molecular complexity index is 488. The molecule has 1 aromatic rings. The fraction of sp³-hybridized carbons (Fsp3) is 0.500. The van der Waals surface area contributed by atoms with Gasteiger partial charge in [0, 0.05) is 25.7 Å². The summed E-state index contributed by atoms with van der Waals surface area (Å²) >= 11 is 0. The van der Waals surface area contributed by atoms with Crippen LogP contribution >= 0.6 is 0 Å². The van der Waals surface area contributed by atoms with Crippen LogP contribution in [0.25, 0.3) is 0 Å². The SMILES string of the molecule is CCN(C(=O)c1cc([N+](=O)[O-])cnc1NC)C(C)C. The van der Waals surface area contributed by atoms with Gasteiger partial charge in [0.2, 0.25) is 0 Å². The fourth-order valence-electron chi connectivity index (χ4n) is 1.81. The van der Waals surface area contributed by atoms with Crippen LogP contribution in [-0.4, -0.2) is 40.3 Å². The lowest BCUT2D eigenvalue weighted by molar-refractivity contribution is -0.385. The van der Waals surface area contributed by atoms with Crippen molar-refractivity contribution in [2.45, 2.75) is 26.8 Å². The molecule has 0 saturated carbocycles. The van der Waals surface area contributed by atoms with E-state index in [4.69, 9.17) is 0 Å². The number of aromatic nitrogens is 1. The van der Waals surface area contributed by atoms with E-state index < -0.39 is 4.92 Å². The van der Waals surface area contributed by atoms with Crippen LogP contribution < -0.4 is 5.32 Å². The number of hydrogen-bond donors (Lipinski definition) is 1. The minimum atomic E-state index is -0.561. The Morgan fingerprint density at radius 2 is 2.21 bits per heavy atom. The van der Waals surface area contributed by atoms with E-state index in [1.807, 2.05) is 20.8 Å². The Labute approximate surface area is 111 Å². The fourth-order valence-corrected chi connectivity index (χ4v) is 1.81. The number of pyridine rings is 1. The topological polar surface area (TPSA) is 88.4 Å². The van der Waals surface area contributed by atoms with Crippen molar-refractivity contribution >= 4 is 17.4 Å². The number of carbonyl (C=O) groups excluding carboxylic acids is 1. The van der Waals surface area contributed by atoms with Gasteiger partial charge in [-0.25, -0.2) is 4.98 Å². The zero-order valence-corrected chi connectivity index (χ0v) is 11.5. The van der Waals surface area contributed by atoms with Gasteiger partial charge in [-0.05, 0) is 20.8 Å². The lowest BCUT2D eigenvalue weighted by atomic mass is 10.2. The van der Waals surface area contributed by atoms with E-state index in [9.17, 15) is 14.9 Å². The number of amides is 1. The second-order valence-electron chi connectivity index (χ2n) is 4.28. The molecule has 0 aliphatic heterocycles. The van der Waals surface area contributed by atoms with E-state index in [-0.39, 0.29) is 23.2 Å². The van der Waals surface area contributed by atoms with Crippen LogP contribution in [0.3, 0.4) is 0 Å². The highest BCUT2D eigenvalue weighted by molar-refractivity contribution is 5.99. The normalized spacial score (nSPS) is 10.4. The molecule has 1 N–H and O–H groups in total. The molecule has 1 rings (SSSR count). The predicted molar refractivity (Wildman–Crippen MR) is 72.3 cm³/mol. The summed E-state index contributed by atoms with van der Waals surface area (Å²) in [5, 5.41) is 13.5. The molecule has 0 aromatic carbocycles. The molecule has 0 bridgehead atoms. The number of anilines is 1. The first-order valence-electron chi connectivity index (χ1n) is 6.05. The van der Waals surface area contributed by atoms with Gasteiger partial charge in [-0.1, -0.05) is 0 Å². The van der Waals surface area contributed by atoms with Gasteiger partial charge < -0.3 is 10.2 Å². The van der Waals surface area contributed by atoms with E-state index in [0.717, 1.165) is 6.20 Å². The third-order valence-electron chi connectivity index (χ3n) is 2.78. The molecule has 0 radical (unpaired) electrons. The third kappa shape index (κ3) is 3.18. The van der Waals surface area contributed by atoms with Crippen molar-refractivity contribution in [2.75, 3.05) is 18.9 Å². The summed E-state index contributed by atoms with van der Waals surface area (Å²) in [5.74, 6) is 0.0766. The Kier molecular flexibility index (Phi) is 4.80. The van der Waals surface area contributed by atoms with Crippen molar-refractivity contribution in [3.8, 4) is 0 Å². The van der Waals surface area contributed by atoms with Crippen molar-refractivity contribution in [1.29, 1.82) is 0 Å². The molecular formula is C12H18N4O3. The highest BCUT2D eigenvalue weighted by Gasteiger charge is 2.23. The lowest BCUT2D eigenvalue weighted by Gasteiger charge is -2.25. The third-order valence-corrected chi connectivity index (χ3v) is 2.78. The van der Waals surface area contributed by atoms with Gasteiger partial charge in [-0.3, -0.25) is 14.9 Å². The largest absolute Gasteiger partial charge is 0.372 e. The average Bonchev–Trinajstić information content (AvgIpc) is 2.38. The number of rotatable bonds is 5. The predicted octanol–water partition coefficient (Wildman–Crippen LogP) is 1.90. The molecule has 1 heterocycles. The molecule has 7 heteroatoms. The molecule has 104 valence electrons. The zero-order chi connectivity index (χ0) is 14.6.